The summed E-state index contributed by atoms with van der Waals surface area (Å²) in [6.45, 7) is 5.21. The van der Waals surface area contributed by atoms with E-state index in [0.717, 1.165) is 17.6 Å². The van der Waals surface area contributed by atoms with Crippen molar-refractivity contribution >= 4 is 33.2 Å². The van der Waals surface area contributed by atoms with Gasteiger partial charge in [-0.3, -0.25) is 4.99 Å². The molecule has 0 saturated heterocycles. The van der Waals surface area contributed by atoms with Crippen molar-refractivity contribution in [2.75, 3.05) is 13.1 Å². The van der Waals surface area contributed by atoms with E-state index in [1.165, 1.54) is 4.88 Å². The van der Waals surface area contributed by atoms with E-state index in [9.17, 15) is 0 Å². The quantitative estimate of drug-likeness (QED) is 0.867. The number of hydrogen-bond donors (Lipinski definition) is 1. The molecule has 2 N–H and O–H groups in total. The first-order valence-corrected chi connectivity index (χ1v) is 6.31. The Balaban J connectivity index is 2.24. The highest BCUT2D eigenvalue weighted by molar-refractivity contribution is 9.10. The average molecular weight is 286 g/mol. The summed E-state index contributed by atoms with van der Waals surface area (Å²) in [6, 6.07) is 2.32. The smallest absolute Gasteiger partial charge is 0.192 e. The maximum Gasteiger partial charge on any atom is 0.192 e. The highest BCUT2D eigenvalue weighted by atomic mass is 79.9. The SMILES string of the molecule is C=CCN1C(N)=NCC1c1sccc1Br. The molecule has 1 aliphatic rings. The molecular weight excluding hydrogens is 274 g/mol. The zero-order chi connectivity index (χ0) is 10.8. The van der Waals surface area contributed by atoms with E-state index >= 15 is 0 Å². The Morgan fingerprint density at radius 3 is 3.20 bits per heavy atom. The zero-order valence-electron chi connectivity index (χ0n) is 8.19. The van der Waals surface area contributed by atoms with Crippen LogP contribution in [0.15, 0.2) is 33.6 Å². The summed E-state index contributed by atoms with van der Waals surface area (Å²) in [4.78, 5) is 7.62. The molecule has 5 heteroatoms. The summed E-state index contributed by atoms with van der Waals surface area (Å²) >= 11 is 5.27. The third-order valence-corrected chi connectivity index (χ3v) is 4.34. The van der Waals surface area contributed by atoms with Crippen molar-refractivity contribution in [2.24, 2.45) is 10.7 Å². The largest absolute Gasteiger partial charge is 0.370 e. The van der Waals surface area contributed by atoms with E-state index < -0.39 is 0 Å². The molecule has 80 valence electrons. The summed E-state index contributed by atoms with van der Waals surface area (Å²) in [7, 11) is 0. The van der Waals surface area contributed by atoms with Crippen LogP contribution in [0.1, 0.15) is 10.9 Å². The third-order valence-electron chi connectivity index (χ3n) is 2.37. The molecule has 1 unspecified atom stereocenters. The van der Waals surface area contributed by atoms with E-state index in [4.69, 9.17) is 5.73 Å². The number of thiophene rings is 1. The predicted octanol–water partition coefficient (Wildman–Crippen LogP) is 2.37. The number of nitrogens with zero attached hydrogens (tertiary/aromatic N) is 2. The second-order valence-corrected chi connectivity index (χ2v) is 5.09. The van der Waals surface area contributed by atoms with Crippen molar-refractivity contribution in [2.45, 2.75) is 6.04 Å². The van der Waals surface area contributed by atoms with Crippen molar-refractivity contribution < 1.29 is 0 Å². The fourth-order valence-electron chi connectivity index (χ4n) is 1.66. The number of hydrogen-bond acceptors (Lipinski definition) is 4. The van der Waals surface area contributed by atoms with Gasteiger partial charge in [0.15, 0.2) is 5.96 Å². The molecule has 1 atom stereocenters. The van der Waals surface area contributed by atoms with Crippen LogP contribution in [-0.2, 0) is 0 Å². The lowest BCUT2D eigenvalue weighted by Gasteiger charge is -2.24. The van der Waals surface area contributed by atoms with E-state index in [0.29, 0.717) is 5.96 Å². The van der Waals surface area contributed by atoms with Crippen molar-refractivity contribution in [1.82, 2.24) is 4.90 Å². The molecule has 0 bridgehead atoms. The van der Waals surface area contributed by atoms with Gasteiger partial charge < -0.3 is 10.6 Å². The van der Waals surface area contributed by atoms with Crippen LogP contribution in [0.25, 0.3) is 0 Å². The van der Waals surface area contributed by atoms with Gasteiger partial charge in [0.2, 0.25) is 0 Å². The molecule has 1 aromatic rings. The van der Waals surface area contributed by atoms with Crippen LogP contribution in [0.4, 0.5) is 0 Å². The number of halogens is 1. The molecule has 15 heavy (non-hydrogen) atoms. The molecule has 0 spiro atoms. The minimum Gasteiger partial charge on any atom is -0.370 e. The maximum absolute atomic E-state index is 5.83. The van der Waals surface area contributed by atoms with Gasteiger partial charge in [-0.05, 0) is 27.4 Å². The molecule has 0 aliphatic carbocycles. The Hall–Kier alpha value is -0.810. The zero-order valence-corrected chi connectivity index (χ0v) is 10.6. The summed E-state index contributed by atoms with van der Waals surface area (Å²) < 4.78 is 1.14. The molecule has 3 nitrogen and oxygen atoms in total. The number of aliphatic imine (C=N–C) groups is 1. The first-order valence-electron chi connectivity index (χ1n) is 4.64. The standard InChI is InChI=1S/C10H12BrN3S/c1-2-4-14-8(6-13-10(14)12)9-7(11)3-5-15-9/h2-3,5,8H,1,4,6H2,(H2,12,13). The lowest BCUT2D eigenvalue weighted by atomic mass is 10.2. The van der Waals surface area contributed by atoms with E-state index in [1.54, 1.807) is 11.3 Å². The summed E-state index contributed by atoms with van der Waals surface area (Å²) in [5.41, 5.74) is 5.83. The van der Waals surface area contributed by atoms with Crippen LogP contribution in [0.2, 0.25) is 0 Å². The molecule has 0 saturated carbocycles. The van der Waals surface area contributed by atoms with Gasteiger partial charge in [0.05, 0.1) is 12.6 Å². The van der Waals surface area contributed by atoms with Crippen LogP contribution in [0.3, 0.4) is 0 Å². The Morgan fingerprint density at radius 2 is 2.60 bits per heavy atom. The Kier molecular flexibility index (Phi) is 3.11. The van der Waals surface area contributed by atoms with Crippen LogP contribution in [0.5, 0.6) is 0 Å². The third kappa shape index (κ3) is 1.94. The summed E-state index contributed by atoms with van der Waals surface area (Å²) in [5, 5.41) is 2.07. The van der Waals surface area contributed by atoms with Crippen molar-refractivity contribution in [3.05, 3.63) is 33.5 Å². The van der Waals surface area contributed by atoms with Gasteiger partial charge in [-0.2, -0.15) is 0 Å². The number of nitrogens with two attached hydrogens (primary N) is 1. The first kappa shape index (κ1) is 10.7. The number of guanidine groups is 1. The fourth-order valence-corrected chi connectivity index (χ4v) is 3.40. The summed E-state index contributed by atoms with van der Waals surface area (Å²) in [5.74, 6) is 0.611. The second-order valence-electron chi connectivity index (χ2n) is 3.29. The monoisotopic (exact) mass is 285 g/mol. The molecule has 0 amide bonds. The van der Waals surface area contributed by atoms with Crippen molar-refractivity contribution in [3.63, 3.8) is 0 Å². The molecule has 2 heterocycles. The normalized spacial score (nSPS) is 20.5. The highest BCUT2D eigenvalue weighted by Crippen LogP contribution is 2.34. The molecule has 1 aliphatic heterocycles. The van der Waals surface area contributed by atoms with Gasteiger partial charge >= 0.3 is 0 Å². The topological polar surface area (TPSA) is 41.6 Å². The predicted molar refractivity (Wildman–Crippen MR) is 68.2 cm³/mol. The molecule has 2 rings (SSSR count). The summed E-state index contributed by atoms with van der Waals surface area (Å²) in [6.07, 6.45) is 1.85. The first-order chi connectivity index (χ1) is 7.24. The van der Waals surface area contributed by atoms with Gasteiger partial charge in [0.1, 0.15) is 0 Å². The van der Waals surface area contributed by atoms with Gasteiger partial charge in [0, 0.05) is 15.9 Å². The molecule has 0 fully saturated rings. The van der Waals surface area contributed by atoms with Gasteiger partial charge in [-0.25, -0.2) is 0 Å². The molecular formula is C10H12BrN3S. The average Bonchev–Trinajstić information content (AvgIpc) is 2.76. The lowest BCUT2D eigenvalue weighted by molar-refractivity contribution is 0.384. The van der Waals surface area contributed by atoms with Crippen molar-refractivity contribution in [1.29, 1.82) is 0 Å². The minimum atomic E-state index is 0.261. The molecule has 1 aromatic heterocycles. The van der Waals surface area contributed by atoms with Gasteiger partial charge in [-0.15, -0.1) is 17.9 Å². The number of rotatable bonds is 3. The fraction of sp³-hybridized carbons (Fsp3) is 0.300. The van der Waals surface area contributed by atoms with E-state index in [1.807, 2.05) is 6.08 Å². The van der Waals surface area contributed by atoms with Crippen LogP contribution in [-0.4, -0.2) is 23.9 Å². The van der Waals surface area contributed by atoms with Gasteiger partial charge in [0.25, 0.3) is 0 Å². The van der Waals surface area contributed by atoms with Crippen LogP contribution >= 0.6 is 27.3 Å². The Bertz CT molecular complexity index is 399. The van der Waals surface area contributed by atoms with E-state index in [2.05, 4.69) is 43.8 Å². The van der Waals surface area contributed by atoms with Crippen molar-refractivity contribution in [3.8, 4) is 0 Å². The van der Waals surface area contributed by atoms with E-state index in [-0.39, 0.29) is 6.04 Å². The highest BCUT2D eigenvalue weighted by Gasteiger charge is 2.28. The van der Waals surface area contributed by atoms with Crippen LogP contribution < -0.4 is 5.73 Å². The molecule has 0 radical (unpaired) electrons. The lowest BCUT2D eigenvalue weighted by Crippen LogP contribution is -2.35. The second kappa shape index (κ2) is 4.37. The maximum atomic E-state index is 5.83. The minimum absolute atomic E-state index is 0.261. The Labute approximate surface area is 101 Å². The Morgan fingerprint density at radius 1 is 1.80 bits per heavy atom. The molecule has 0 aromatic carbocycles. The van der Waals surface area contributed by atoms with Gasteiger partial charge in [-0.1, -0.05) is 6.08 Å². The van der Waals surface area contributed by atoms with Crippen LogP contribution in [0, 0.1) is 0 Å².